The highest BCUT2D eigenvalue weighted by molar-refractivity contribution is 9.10. The summed E-state index contributed by atoms with van der Waals surface area (Å²) in [5.41, 5.74) is 0.692. The number of Topliss-reactive ketones (excluding diaryl/α,β-unsaturated/α-hetero) is 1. The molecule has 1 heterocycles. The van der Waals surface area contributed by atoms with E-state index in [0.29, 0.717) is 16.0 Å². The Hall–Kier alpha value is -0.830. The first-order valence-electron chi connectivity index (χ1n) is 3.54. The number of allylic oxidation sites excluding steroid dienone is 1. The van der Waals surface area contributed by atoms with Gasteiger partial charge in [-0.05, 0) is 53.6 Å². The SMILES string of the molecule is CC(=O)C(C)=Cc1ccc(Br)o1. The van der Waals surface area contributed by atoms with Gasteiger partial charge >= 0.3 is 0 Å². The van der Waals surface area contributed by atoms with Crippen molar-refractivity contribution in [3.63, 3.8) is 0 Å². The molecule has 0 radical (unpaired) electrons. The minimum Gasteiger partial charge on any atom is -0.450 e. The summed E-state index contributed by atoms with van der Waals surface area (Å²) in [5.74, 6) is 0.747. The molecule has 64 valence electrons. The van der Waals surface area contributed by atoms with E-state index in [9.17, 15) is 4.79 Å². The lowest BCUT2D eigenvalue weighted by Crippen LogP contribution is -1.89. The smallest absolute Gasteiger partial charge is 0.169 e. The van der Waals surface area contributed by atoms with Crippen molar-refractivity contribution in [2.75, 3.05) is 0 Å². The molecule has 0 aliphatic carbocycles. The molecule has 0 aliphatic heterocycles. The van der Waals surface area contributed by atoms with E-state index >= 15 is 0 Å². The van der Waals surface area contributed by atoms with Crippen LogP contribution in [-0.2, 0) is 4.79 Å². The van der Waals surface area contributed by atoms with Gasteiger partial charge in [0.2, 0.25) is 0 Å². The Balaban J connectivity index is 2.87. The van der Waals surface area contributed by atoms with Gasteiger partial charge in [-0.15, -0.1) is 0 Å². The first-order valence-corrected chi connectivity index (χ1v) is 4.33. The third kappa shape index (κ3) is 2.34. The summed E-state index contributed by atoms with van der Waals surface area (Å²) in [7, 11) is 0. The van der Waals surface area contributed by atoms with Crippen LogP contribution in [0.4, 0.5) is 0 Å². The fraction of sp³-hybridized carbons (Fsp3) is 0.222. The molecule has 1 aromatic rings. The summed E-state index contributed by atoms with van der Waals surface area (Å²) in [6.07, 6.45) is 1.72. The quantitative estimate of drug-likeness (QED) is 0.729. The number of hydrogen-bond acceptors (Lipinski definition) is 2. The highest BCUT2D eigenvalue weighted by Crippen LogP contribution is 2.16. The molecule has 0 fully saturated rings. The molecule has 2 nitrogen and oxygen atoms in total. The van der Waals surface area contributed by atoms with Crippen molar-refractivity contribution in [2.45, 2.75) is 13.8 Å². The zero-order valence-electron chi connectivity index (χ0n) is 6.93. The molecule has 0 aliphatic rings. The van der Waals surface area contributed by atoms with E-state index in [4.69, 9.17) is 4.42 Å². The minimum atomic E-state index is 0.0579. The maximum atomic E-state index is 10.8. The zero-order chi connectivity index (χ0) is 9.14. The number of hydrogen-bond donors (Lipinski definition) is 0. The third-order valence-corrected chi connectivity index (χ3v) is 1.93. The van der Waals surface area contributed by atoms with Gasteiger partial charge in [0, 0.05) is 0 Å². The Kier molecular flexibility index (Phi) is 2.87. The Bertz CT molecular complexity index is 323. The van der Waals surface area contributed by atoms with Gasteiger partial charge in [0.25, 0.3) is 0 Å². The van der Waals surface area contributed by atoms with Gasteiger partial charge in [0.1, 0.15) is 5.76 Å². The normalized spacial score (nSPS) is 11.8. The summed E-state index contributed by atoms with van der Waals surface area (Å²) >= 11 is 3.18. The van der Waals surface area contributed by atoms with Crippen LogP contribution >= 0.6 is 15.9 Å². The average molecular weight is 229 g/mol. The predicted molar refractivity (Wildman–Crippen MR) is 50.7 cm³/mol. The van der Waals surface area contributed by atoms with Crippen LogP contribution in [0.25, 0.3) is 6.08 Å². The van der Waals surface area contributed by atoms with E-state index in [-0.39, 0.29) is 5.78 Å². The van der Waals surface area contributed by atoms with Crippen LogP contribution in [0.15, 0.2) is 26.8 Å². The van der Waals surface area contributed by atoms with Crippen molar-refractivity contribution in [1.82, 2.24) is 0 Å². The highest BCUT2D eigenvalue weighted by atomic mass is 79.9. The summed E-state index contributed by atoms with van der Waals surface area (Å²) < 4.78 is 5.86. The average Bonchev–Trinajstić information content (AvgIpc) is 2.35. The van der Waals surface area contributed by atoms with Gasteiger partial charge in [0.15, 0.2) is 10.5 Å². The summed E-state index contributed by atoms with van der Waals surface area (Å²) in [6.45, 7) is 3.29. The van der Waals surface area contributed by atoms with Gasteiger partial charge in [0.05, 0.1) is 0 Å². The van der Waals surface area contributed by atoms with Crippen molar-refractivity contribution in [3.8, 4) is 0 Å². The van der Waals surface area contributed by atoms with Crippen LogP contribution in [0.2, 0.25) is 0 Å². The standard InChI is InChI=1S/C9H9BrO2/c1-6(7(2)11)5-8-3-4-9(10)12-8/h3-5H,1-2H3. The van der Waals surface area contributed by atoms with Crippen LogP contribution in [0, 0.1) is 0 Å². The van der Waals surface area contributed by atoms with E-state index in [1.807, 2.05) is 0 Å². The van der Waals surface area contributed by atoms with Crippen molar-refractivity contribution in [2.24, 2.45) is 0 Å². The number of carbonyl (C=O) groups excluding carboxylic acids is 1. The van der Waals surface area contributed by atoms with Crippen LogP contribution in [0.1, 0.15) is 19.6 Å². The van der Waals surface area contributed by atoms with E-state index in [0.717, 1.165) is 0 Å². The molecule has 12 heavy (non-hydrogen) atoms. The lowest BCUT2D eigenvalue weighted by molar-refractivity contribution is -0.113. The Morgan fingerprint density at radius 2 is 2.17 bits per heavy atom. The molecule has 1 rings (SSSR count). The fourth-order valence-electron chi connectivity index (χ4n) is 0.721. The van der Waals surface area contributed by atoms with Gasteiger partial charge in [-0.25, -0.2) is 0 Å². The molecule has 0 N–H and O–H groups in total. The molecule has 0 spiro atoms. The third-order valence-electron chi connectivity index (χ3n) is 1.51. The largest absolute Gasteiger partial charge is 0.450 e. The van der Waals surface area contributed by atoms with Crippen molar-refractivity contribution < 1.29 is 9.21 Å². The number of carbonyl (C=O) groups is 1. The van der Waals surface area contributed by atoms with Gasteiger partial charge in [-0.1, -0.05) is 0 Å². The van der Waals surface area contributed by atoms with Crippen LogP contribution in [0.3, 0.4) is 0 Å². The predicted octanol–water partition coefficient (Wildman–Crippen LogP) is 3.03. The van der Waals surface area contributed by atoms with E-state index in [2.05, 4.69) is 15.9 Å². The Morgan fingerprint density at radius 3 is 2.58 bits per heavy atom. The summed E-state index contributed by atoms with van der Waals surface area (Å²) in [5, 5.41) is 0. The van der Waals surface area contributed by atoms with Crippen molar-refractivity contribution >= 4 is 27.8 Å². The first kappa shape index (κ1) is 9.26. The van der Waals surface area contributed by atoms with Crippen LogP contribution in [-0.4, -0.2) is 5.78 Å². The lowest BCUT2D eigenvalue weighted by Gasteiger charge is -1.90. The molecular weight excluding hydrogens is 220 g/mol. The van der Waals surface area contributed by atoms with E-state index in [1.54, 1.807) is 25.1 Å². The molecule has 0 atom stereocenters. The molecule has 1 aromatic heterocycles. The summed E-state index contributed by atoms with van der Waals surface area (Å²) in [6, 6.07) is 3.59. The zero-order valence-corrected chi connectivity index (χ0v) is 8.51. The highest BCUT2D eigenvalue weighted by Gasteiger charge is 1.99. The molecule has 0 bridgehead atoms. The molecule has 0 unspecified atom stereocenters. The van der Waals surface area contributed by atoms with E-state index in [1.165, 1.54) is 6.92 Å². The monoisotopic (exact) mass is 228 g/mol. The maximum absolute atomic E-state index is 10.8. The number of halogens is 1. The topological polar surface area (TPSA) is 30.2 Å². The fourth-order valence-corrected chi connectivity index (χ4v) is 1.04. The maximum Gasteiger partial charge on any atom is 0.169 e. The molecule has 0 amide bonds. The van der Waals surface area contributed by atoms with Gasteiger partial charge in [-0.3, -0.25) is 4.79 Å². The van der Waals surface area contributed by atoms with Gasteiger partial charge in [-0.2, -0.15) is 0 Å². The molecule has 0 saturated heterocycles. The molecule has 3 heteroatoms. The first-order chi connectivity index (χ1) is 5.59. The Morgan fingerprint density at radius 1 is 1.50 bits per heavy atom. The van der Waals surface area contributed by atoms with Crippen LogP contribution in [0.5, 0.6) is 0 Å². The molecule has 0 aromatic carbocycles. The van der Waals surface area contributed by atoms with Crippen LogP contribution < -0.4 is 0 Å². The number of ketones is 1. The van der Waals surface area contributed by atoms with Gasteiger partial charge < -0.3 is 4.42 Å². The minimum absolute atomic E-state index is 0.0579. The molecular formula is C9H9BrO2. The number of furan rings is 1. The second-order valence-corrected chi connectivity index (χ2v) is 3.31. The lowest BCUT2D eigenvalue weighted by atomic mass is 10.2. The van der Waals surface area contributed by atoms with Crippen molar-refractivity contribution in [3.05, 3.63) is 28.1 Å². The second kappa shape index (κ2) is 3.72. The molecule has 0 saturated carbocycles. The summed E-state index contributed by atoms with van der Waals surface area (Å²) in [4.78, 5) is 10.8. The van der Waals surface area contributed by atoms with E-state index < -0.39 is 0 Å². The second-order valence-electron chi connectivity index (χ2n) is 2.53. The Labute approximate surface area is 79.4 Å². The number of rotatable bonds is 2. The van der Waals surface area contributed by atoms with Crippen molar-refractivity contribution in [1.29, 1.82) is 0 Å².